The second-order valence-corrected chi connectivity index (χ2v) is 7.77. The van der Waals surface area contributed by atoms with E-state index in [2.05, 4.69) is 24.1 Å². The van der Waals surface area contributed by atoms with Crippen molar-refractivity contribution in [3.05, 3.63) is 35.4 Å². The molecule has 1 aromatic carbocycles. The van der Waals surface area contributed by atoms with Gasteiger partial charge < -0.3 is 10.1 Å². The molecule has 3 atom stereocenters. The van der Waals surface area contributed by atoms with Gasteiger partial charge in [0.25, 0.3) is 0 Å². The molecular weight excluding hydrogens is 357 g/mol. The number of halogens is 3. The lowest BCUT2D eigenvalue weighted by Crippen LogP contribution is -2.51. The monoisotopic (exact) mass is 384 g/mol. The van der Waals surface area contributed by atoms with E-state index in [1.54, 1.807) is 0 Å². The molecular formula is C20H27F3N2O2. The van der Waals surface area contributed by atoms with Crippen molar-refractivity contribution in [1.29, 1.82) is 0 Å². The van der Waals surface area contributed by atoms with Gasteiger partial charge >= 0.3 is 6.18 Å². The van der Waals surface area contributed by atoms with Crippen molar-refractivity contribution in [1.82, 2.24) is 10.2 Å². The Labute approximate surface area is 158 Å². The van der Waals surface area contributed by atoms with Crippen molar-refractivity contribution in [3.8, 4) is 0 Å². The van der Waals surface area contributed by atoms with Gasteiger partial charge in [0.05, 0.1) is 18.8 Å². The van der Waals surface area contributed by atoms with E-state index in [0.29, 0.717) is 18.9 Å². The maximum atomic E-state index is 12.7. The molecule has 2 aliphatic rings. The normalized spacial score (nSPS) is 24.7. The second-order valence-electron chi connectivity index (χ2n) is 7.77. The molecule has 3 unspecified atom stereocenters. The van der Waals surface area contributed by atoms with Crippen LogP contribution in [-0.2, 0) is 15.7 Å². The van der Waals surface area contributed by atoms with E-state index in [1.165, 1.54) is 12.1 Å². The Morgan fingerprint density at radius 3 is 2.41 bits per heavy atom. The fourth-order valence-electron chi connectivity index (χ4n) is 3.80. The van der Waals surface area contributed by atoms with Gasteiger partial charge in [0.15, 0.2) is 0 Å². The number of morpholine rings is 1. The topological polar surface area (TPSA) is 41.6 Å². The van der Waals surface area contributed by atoms with Crippen LogP contribution in [0.15, 0.2) is 24.3 Å². The van der Waals surface area contributed by atoms with Crippen LogP contribution in [0.5, 0.6) is 0 Å². The van der Waals surface area contributed by atoms with Crippen molar-refractivity contribution >= 4 is 5.91 Å². The van der Waals surface area contributed by atoms with Crippen molar-refractivity contribution in [2.75, 3.05) is 32.8 Å². The molecule has 27 heavy (non-hydrogen) atoms. The molecule has 4 nitrogen and oxygen atoms in total. The van der Waals surface area contributed by atoms with E-state index in [-0.39, 0.29) is 23.8 Å². The van der Waals surface area contributed by atoms with Gasteiger partial charge in [0.2, 0.25) is 5.91 Å². The van der Waals surface area contributed by atoms with Crippen LogP contribution in [-0.4, -0.2) is 49.7 Å². The van der Waals surface area contributed by atoms with Gasteiger partial charge in [-0.2, -0.15) is 13.2 Å². The highest BCUT2D eigenvalue weighted by Crippen LogP contribution is 2.48. The average Bonchev–Trinajstić information content (AvgIpc) is 3.42. The summed E-state index contributed by atoms with van der Waals surface area (Å²) in [6.07, 6.45) is -3.63. The van der Waals surface area contributed by atoms with Crippen LogP contribution in [0.3, 0.4) is 0 Å². The summed E-state index contributed by atoms with van der Waals surface area (Å²) in [6.45, 7) is 8.06. The zero-order valence-electron chi connectivity index (χ0n) is 15.8. The number of benzene rings is 1. The number of rotatable bonds is 6. The van der Waals surface area contributed by atoms with Gasteiger partial charge in [0, 0.05) is 31.6 Å². The highest BCUT2D eigenvalue weighted by molar-refractivity contribution is 5.82. The quantitative estimate of drug-likeness (QED) is 0.819. The zero-order valence-corrected chi connectivity index (χ0v) is 15.8. The third-order valence-electron chi connectivity index (χ3n) is 5.56. The number of hydrogen-bond donors (Lipinski definition) is 1. The summed E-state index contributed by atoms with van der Waals surface area (Å²) in [4.78, 5) is 14.8. The summed E-state index contributed by atoms with van der Waals surface area (Å²) in [6, 6.07) is 5.43. The van der Waals surface area contributed by atoms with Crippen LogP contribution >= 0.6 is 0 Å². The molecule has 0 bridgehead atoms. The number of nitrogens with one attached hydrogen (secondary N) is 1. The van der Waals surface area contributed by atoms with E-state index >= 15 is 0 Å². The molecule has 0 spiro atoms. The molecule has 1 heterocycles. The van der Waals surface area contributed by atoms with E-state index in [4.69, 9.17) is 4.74 Å². The molecule has 1 aliphatic carbocycles. The summed E-state index contributed by atoms with van der Waals surface area (Å²) in [7, 11) is 0. The summed E-state index contributed by atoms with van der Waals surface area (Å²) in [5.74, 6) is 0.291. The van der Waals surface area contributed by atoms with Gasteiger partial charge in [-0.3, -0.25) is 9.69 Å². The Morgan fingerprint density at radius 1 is 1.22 bits per heavy atom. The summed E-state index contributed by atoms with van der Waals surface area (Å²) in [5.41, 5.74) is 0.148. The van der Waals surface area contributed by atoms with Gasteiger partial charge in [-0.1, -0.05) is 26.0 Å². The third kappa shape index (κ3) is 5.02. The molecule has 150 valence electrons. The van der Waals surface area contributed by atoms with Gasteiger partial charge in [-0.25, -0.2) is 0 Å². The van der Waals surface area contributed by atoms with Gasteiger partial charge in [-0.05, 0) is 36.0 Å². The highest BCUT2D eigenvalue weighted by atomic mass is 19.4. The smallest absolute Gasteiger partial charge is 0.379 e. The second kappa shape index (κ2) is 8.19. The van der Waals surface area contributed by atoms with Crippen molar-refractivity contribution < 1.29 is 22.7 Å². The third-order valence-corrected chi connectivity index (χ3v) is 5.56. The standard InChI is InChI=1S/C20H27F3N2O2/c1-13(2)18(25-7-9-27-10-8-25)12-24-19(26)17-11-16(17)14-3-5-15(6-4-14)20(21,22)23/h3-6,13,16-18H,7-12H2,1-2H3,(H,24,26). The fraction of sp³-hybridized carbons (Fsp3) is 0.650. The Bertz CT molecular complexity index is 640. The van der Waals surface area contributed by atoms with Crippen molar-refractivity contribution in [3.63, 3.8) is 0 Å². The van der Waals surface area contributed by atoms with Crippen LogP contribution < -0.4 is 5.32 Å². The Balaban J connectivity index is 1.52. The molecule has 1 aliphatic heterocycles. The molecule has 1 saturated heterocycles. The Morgan fingerprint density at radius 2 is 1.85 bits per heavy atom. The maximum Gasteiger partial charge on any atom is 0.416 e. The van der Waals surface area contributed by atoms with Crippen LogP contribution in [0.1, 0.15) is 37.3 Å². The first-order valence-electron chi connectivity index (χ1n) is 9.54. The number of carbonyl (C=O) groups excluding carboxylic acids is 1. The van der Waals surface area contributed by atoms with E-state index in [0.717, 1.165) is 44.0 Å². The Kier molecular flexibility index (Phi) is 6.11. The average molecular weight is 384 g/mol. The molecule has 1 N–H and O–H groups in total. The predicted octanol–water partition coefficient (Wildman–Crippen LogP) is 3.28. The lowest BCUT2D eigenvalue weighted by molar-refractivity contribution is -0.137. The lowest BCUT2D eigenvalue weighted by atomic mass is 10.0. The molecule has 1 amide bonds. The first-order valence-corrected chi connectivity index (χ1v) is 9.54. The largest absolute Gasteiger partial charge is 0.416 e. The molecule has 7 heteroatoms. The number of carbonyl (C=O) groups is 1. The fourth-order valence-corrected chi connectivity index (χ4v) is 3.80. The summed E-state index contributed by atoms with van der Waals surface area (Å²) < 4.78 is 43.4. The van der Waals surface area contributed by atoms with Gasteiger partial charge in [-0.15, -0.1) is 0 Å². The predicted molar refractivity (Wildman–Crippen MR) is 96.3 cm³/mol. The highest BCUT2D eigenvalue weighted by Gasteiger charge is 2.44. The summed E-state index contributed by atoms with van der Waals surface area (Å²) in [5, 5.41) is 3.06. The van der Waals surface area contributed by atoms with Crippen LogP contribution in [0, 0.1) is 11.8 Å². The van der Waals surface area contributed by atoms with E-state index in [9.17, 15) is 18.0 Å². The van der Waals surface area contributed by atoms with E-state index in [1.807, 2.05) is 0 Å². The van der Waals surface area contributed by atoms with Crippen LogP contribution in [0.4, 0.5) is 13.2 Å². The number of nitrogens with zero attached hydrogens (tertiary/aromatic N) is 1. The minimum Gasteiger partial charge on any atom is -0.379 e. The molecule has 1 aromatic rings. The molecule has 1 saturated carbocycles. The number of ether oxygens (including phenoxy) is 1. The minimum atomic E-state index is -4.33. The first-order chi connectivity index (χ1) is 12.8. The number of hydrogen-bond acceptors (Lipinski definition) is 3. The number of amides is 1. The zero-order chi connectivity index (χ0) is 19.6. The maximum absolute atomic E-state index is 12.7. The molecule has 0 aromatic heterocycles. The van der Waals surface area contributed by atoms with E-state index < -0.39 is 11.7 Å². The van der Waals surface area contributed by atoms with Gasteiger partial charge in [0.1, 0.15) is 0 Å². The molecule has 2 fully saturated rings. The summed E-state index contributed by atoms with van der Waals surface area (Å²) >= 11 is 0. The van der Waals surface area contributed by atoms with Crippen LogP contribution in [0.25, 0.3) is 0 Å². The number of alkyl halides is 3. The molecule has 3 rings (SSSR count). The SMILES string of the molecule is CC(C)C(CNC(=O)C1CC1c1ccc(C(F)(F)F)cc1)N1CCOCC1. The lowest BCUT2D eigenvalue weighted by Gasteiger charge is -2.37. The van der Waals surface area contributed by atoms with Crippen molar-refractivity contribution in [2.24, 2.45) is 11.8 Å². The minimum absolute atomic E-state index is 0.00110. The van der Waals surface area contributed by atoms with Crippen LogP contribution in [0.2, 0.25) is 0 Å². The van der Waals surface area contributed by atoms with Crippen molar-refractivity contribution in [2.45, 2.75) is 38.4 Å². The Hall–Kier alpha value is -1.60. The molecule has 0 radical (unpaired) electrons. The first kappa shape index (κ1) is 20.1.